The number of carbonyl (C=O) groups excluding carboxylic acids is 1. The Bertz CT molecular complexity index is 460. The molecule has 0 saturated carbocycles. The van der Waals surface area contributed by atoms with E-state index in [0.29, 0.717) is 5.56 Å². The molecule has 0 bridgehead atoms. The topological polar surface area (TPSA) is 74.2 Å². The predicted molar refractivity (Wildman–Crippen MR) is 67.9 cm³/mol. The van der Waals surface area contributed by atoms with Crippen LogP contribution in [0.15, 0.2) is 24.7 Å². The van der Waals surface area contributed by atoms with Gasteiger partial charge in [-0.2, -0.15) is 0 Å². The van der Waals surface area contributed by atoms with Gasteiger partial charge in [0.05, 0.1) is 14.2 Å². The average molecular weight is 264 g/mol. The molecule has 0 atom stereocenters. The Morgan fingerprint density at radius 2 is 1.84 bits per heavy atom. The highest BCUT2D eigenvalue weighted by atomic mass is 16.6. The number of carbonyl (C=O) groups is 1. The van der Waals surface area contributed by atoms with Crippen LogP contribution in [0.3, 0.4) is 0 Å². The lowest BCUT2D eigenvalue weighted by Gasteiger charge is -2.15. The Labute approximate surface area is 111 Å². The number of aliphatic hydroxyl groups excluding tert-OH is 1. The van der Waals surface area contributed by atoms with Crippen LogP contribution in [-0.4, -0.2) is 33.0 Å². The standard InChI is InChI=1S/C12H13BO6/c1-7(14)19-11-9(16-2)4-8(5-10(11)17-3)6-18-12(13)15/h4-5,14H,1,6H2,2-3H3. The number of hydrogen-bond acceptors (Lipinski definition) is 6. The number of methoxy groups -OCH3 is 2. The maximum atomic E-state index is 10.6. The maximum Gasteiger partial charge on any atom is 0.274 e. The number of benzene rings is 1. The van der Waals surface area contributed by atoms with Gasteiger partial charge in [-0.3, -0.25) is 4.79 Å². The van der Waals surface area contributed by atoms with Crippen molar-refractivity contribution >= 4 is 13.7 Å². The van der Waals surface area contributed by atoms with Crippen LogP contribution < -0.4 is 14.2 Å². The maximum absolute atomic E-state index is 10.6. The molecule has 1 aromatic rings. The van der Waals surface area contributed by atoms with Gasteiger partial charge in [-0.15, -0.1) is 0 Å². The van der Waals surface area contributed by atoms with Crippen molar-refractivity contribution in [3.63, 3.8) is 0 Å². The molecule has 1 rings (SSSR count). The molecule has 0 spiro atoms. The fraction of sp³-hybridized carbons (Fsp3) is 0.250. The predicted octanol–water partition coefficient (Wildman–Crippen LogP) is 1.92. The average Bonchev–Trinajstić information content (AvgIpc) is 2.36. The van der Waals surface area contributed by atoms with Gasteiger partial charge in [0, 0.05) is 0 Å². The van der Waals surface area contributed by atoms with Crippen molar-refractivity contribution in [3.8, 4) is 17.2 Å². The number of aliphatic hydroxyl groups is 1. The van der Waals surface area contributed by atoms with Crippen molar-refractivity contribution in [2.45, 2.75) is 6.61 Å². The molecule has 0 aliphatic carbocycles. The third-order valence-corrected chi connectivity index (χ3v) is 2.12. The molecule has 100 valence electrons. The normalized spacial score (nSPS) is 9.58. The molecular formula is C12H13BO6. The number of rotatable bonds is 6. The fourth-order valence-electron chi connectivity index (χ4n) is 1.39. The van der Waals surface area contributed by atoms with E-state index in [1.807, 2.05) is 0 Å². The Hall–Kier alpha value is -2.31. The zero-order valence-electron chi connectivity index (χ0n) is 10.6. The van der Waals surface area contributed by atoms with E-state index in [9.17, 15) is 4.79 Å². The van der Waals surface area contributed by atoms with Crippen LogP contribution in [0.2, 0.25) is 0 Å². The first-order valence-corrected chi connectivity index (χ1v) is 5.20. The van der Waals surface area contributed by atoms with Gasteiger partial charge in [0.15, 0.2) is 11.5 Å². The van der Waals surface area contributed by atoms with Crippen LogP contribution in [0.4, 0.5) is 4.79 Å². The van der Waals surface area contributed by atoms with Gasteiger partial charge in [-0.05, 0) is 24.3 Å². The summed E-state index contributed by atoms with van der Waals surface area (Å²) in [7, 11) is 7.72. The second-order valence-corrected chi connectivity index (χ2v) is 3.43. The van der Waals surface area contributed by atoms with Crippen LogP contribution >= 0.6 is 0 Å². The zero-order chi connectivity index (χ0) is 14.4. The molecule has 1 N–H and O–H groups in total. The first-order valence-electron chi connectivity index (χ1n) is 5.20. The summed E-state index contributed by atoms with van der Waals surface area (Å²) < 4.78 is 19.9. The van der Waals surface area contributed by atoms with Crippen LogP contribution in [0, 0.1) is 0 Å². The highest BCUT2D eigenvalue weighted by molar-refractivity contribution is 6.55. The van der Waals surface area contributed by atoms with Gasteiger partial charge in [0.1, 0.15) is 6.61 Å². The Kier molecular flexibility index (Phi) is 5.11. The Morgan fingerprint density at radius 1 is 1.32 bits per heavy atom. The van der Waals surface area contributed by atoms with Gasteiger partial charge in [0.2, 0.25) is 19.5 Å². The summed E-state index contributed by atoms with van der Waals surface area (Å²) in [6.45, 7) is 3.18. The second kappa shape index (κ2) is 6.58. The van der Waals surface area contributed by atoms with E-state index in [2.05, 4.69) is 11.3 Å². The van der Waals surface area contributed by atoms with Crippen molar-refractivity contribution in [2.75, 3.05) is 14.2 Å². The van der Waals surface area contributed by atoms with Crippen molar-refractivity contribution in [1.82, 2.24) is 0 Å². The van der Waals surface area contributed by atoms with Crippen LogP contribution in [-0.2, 0) is 11.3 Å². The molecule has 0 heterocycles. The monoisotopic (exact) mass is 264 g/mol. The minimum absolute atomic E-state index is 0.0393. The van der Waals surface area contributed by atoms with Gasteiger partial charge in [-0.1, -0.05) is 0 Å². The zero-order valence-corrected chi connectivity index (χ0v) is 10.6. The number of hydrogen-bond donors (Lipinski definition) is 1. The molecule has 19 heavy (non-hydrogen) atoms. The molecule has 0 fully saturated rings. The summed E-state index contributed by atoms with van der Waals surface area (Å²) >= 11 is 0. The molecule has 7 heteroatoms. The molecule has 0 aromatic heterocycles. The van der Waals surface area contributed by atoms with E-state index in [1.54, 1.807) is 12.1 Å². The Morgan fingerprint density at radius 3 is 2.21 bits per heavy atom. The minimum Gasteiger partial charge on any atom is -0.493 e. The summed E-state index contributed by atoms with van der Waals surface area (Å²) in [6.07, 6.45) is 0. The summed E-state index contributed by atoms with van der Waals surface area (Å²) in [6, 6.07) is 3.12. The van der Waals surface area contributed by atoms with Gasteiger partial charge in [0.25, 0.3) is 5.95 Å². The third-order valence-electron chi connectivity index (χ3n) is 2.12. The van der Waals surface area contributed by atoms with Gasteiger partial charge in [-0.25, -0.2) is 0 Å². The molecule has 2 radical (unpaired) electrons. The van der Waals surface area contributed by atoms with Gasteiger partial charge < -0.3 is 24.1 Å². The van der Waals surface area contributed by atoms with Crippen LogP contribution in [0.25, 0.3) is 0 Å². The Balaban J connectivity index is 3.11. The second-order valence-electron chi connectivity index (χ2n) is 3.43. The minimum atomic E-state index is -0.887. The van der Waals surface area contributed by atoms with E-state index in [1.165, 1.54) is 14.2 Å². The lowest BCUT2D eigenvalue weighted by molar-refractivity contribution is 0.166. The lowest BCUT2D eigenvalue weighted by atomic mass is 10.1. The van der Waals surface area contributed by atoms with Gasteiger partial charge >= 0.3 is 0 Å². The molecule has 1 aromatic carbocycles. The molecule has 0 aliphatic rings. The fourth-order valence-corrected chi connectivity index (χ4v) is 1.39. The third kappa shape index (κ3) is 4.13. The van der Waals surface area contributed by atoms with E-state index < -0.39 is 11.8 Å². The molecule has 6 nitrogen and oxygen atoms in total. The summed E-state index contributed by atoms with van der Waals surface area (Å²) in [5, 5.41) is 9.08. The first-order chi connectivity index (χ1) is 8.97. The highest BCUT2D eigenvalue weighted by Crippen LogP contribution is 2.39. The smallest absolute Gasteiger partial charge is 0.274 e. The molecule has 0 aliphatic heterocycles. The highest BCUT2D eigenvalue weighted by Gasteiger charge is 2.15. The lowest BCUT2D eigenvalue weighted by Crippen LogP contribution is -2.03. The quantitative estimate of drug-likeness (QED) is 0.625. The van der Waals surface area contributed by atoms with E-state index in [0.717, 1.165) is 0 Å². The summed E-state index contributed by atoms with van der Waals surface area (Å²) in [4.78, 5) is 10.6. The van der Waals surface area contributed by atoms with Crippen molar-refractivity contribution < 1.29 is 28.8 Å². The number of ether oxygens (including phenoxy) is 4. The van der Waals surface area contributed by atoms with E-state index in [-0.39, 0.29) is 23.9 Å². The van der Waals surface area contributed by atoms with Crippen molar-refractivity contribution in [1.29, 1.82) is 0 Å². The SMILES string of the molecule is [B]C(=O)OCc1cc(OC)c(OC(=C)O)c(OC)c1. The van der Waals surface area contributed by atoms with E-state index in [4.69, 9.17) is 27.2 Å². The largest absolute Gasteiger partial charge is 0.493 e. The van der Waals surface area contributed by atoms with E-state index >= 15 is 0 Å². The summed E-state index contributed by atoms with van der Waals surface area (Å²) in [5.74, 6) is -0.643. The van der Waals surface area contributed by atoms with Crippen molar-refractivity contribution in [3.05, 3.63) is 30.2 Å². The molecule has 0 amide bonds. The van der Waals surface area contributed by atoms with Crippen LogP contribution in [0.5, 0.6) is 17.2 Å². The molecular weight excluding hydrogens is 251 g/mol. The molecule has 0 unspecified atom stereocenters. The van der Waals surface area contributed by atoms with Crippen LogP contribution in [0.1, 0.15) is 5.56 Å². The first kappa shape index (κ1) is 14.8. The van der Waals surface area contributed by atoms with Crippen molar-refractivity contribution in [2.24, 2.45) is 0 Å². The molecule has 0 saturated heterocycles. The summed E-state index contributed by atoms with van der Waals surface area (Å²) in [5.41, 5.74) is 0.586.